The van der Waals surface area contributed by atoms with Crippen molar-refractivity contribution in [3.05, 3.63) is 0 Å². The molecule has 0 amide bonds. The van der Waals surface area contributed by atoms with E-state index in [2.05, 4.69) is 35.0 Å². The van der Waals surface area contributed by atoms with Crippen LogP contribution in [0.15, 0.2) is 0 Å². The molecule has 0 aliphatic heterocycles. The largest absolute Gasteiger partial charge is 0.331 e. The Morgan fingerprint density at radius 3 is 0.933 bits per heavy atom. The fraction of sp³-hybridized carbons (Fsp3) is 1.00. The van der Waals surface area contributed by atoms with Gasteiger partial charge in [-0.2, -0.15) is 0 Å². The Hall–Kier alpha value is -0.0400. The molecule has 1 heteroatoms. The SMILES string of the molecule is CCCCCCCCCCCCC(CCCCCCCCCCCC)C[N+](C)(C)C. The molecular weight excluding hydrogens is 362 g/mol. The Morgan fingerprint density at radius 2 is 0.667 bits per heavy atom. The maximum absolute atomic E-state index is 2.38. The van der Waals surface area contributed by atoms with Crippen LogP contribution in [0.5, 0.6) is 0 Å². The quantitative estimate of drug-likeness (QED) is 0.107. The predicted molar refractivity (Wildman–Crippen MR) is 139 cm³/mol. The van der Waals surface area contributed by atoms with E-state index in [0.29, 0.717) is 0 Å². The van der Waals surface area contributed by atoms with Gasteiger partial charge in [0.25, 0.3) is 0 Å². The van der Waals surface area contributed by atoms with Gasteiger partial charge in [0.1, 0.15) is 0 Å². The van der Waals surface area contributed by atoms with E-state index in [0.717, 1.165) is 10.4 Å². The molecule has 0 aromatic rings. The predicted octanol–water partition coefficient (Wildman–Crippen LogP) is 9.93. The van der Waals surface area contributed by atoms with E-state index < -0.39 is 0 Å². The summed E-state index contributed by atoms with van der Waals surface area (Å²) in [5.74, 6) is 0.952. The molecule has 0 rings (SSSR count). The summed E-state index contributed by atoms with van der Waals surface area (Å²) in [6, 6.07) is 0. The molecule has 0 aromatic heterocycles. The minimum Gasteiger partial charge on any atom is -0.331 e. The van der Waals surface area contributed by atoms with Gasteiger partial charge in [-0.25, -0.2) is 0 Å². The lowest BCUT2D eigenvalue weighted by Gasteiger charge is -2.29. The van der Waals surface area contributed by atoms with Crippen molar-refractivity contribution < 1.29 is 4.48 Å². The molecule has 0 aliphatic rings. The molecule has 0 fully saturated rings. The third-order valence-corrected chi connectivity index (χ3v) is 6.74. The van der Waals surface area contributed by atoms with E-state index in [1.807, 2.05) is 0 Å². The summed E-state index contributed by atoms with van der Waals surface area (Å²) in [7, 11) is 7.14. The lowest BCUT2D eigenvalue weighted by atomic mass is 9.93. The Bertz CT molecular complexity index is 293. The molecule has 0 saturated carbocycles. The molecule has 0 aliphatic carbocycles. The summed E-state index contributed by atoms with van der Waals surface area (Å²) in [6.45, 7) is 5.99. The van der Waals surface area contributed by atoms with E-state index in [1.54, 1.807) is 0 Å². The first-order chi connectivity index (χ1) is 14.5. The molecule has 0 heterocycles. The van der Waals surface area contributed by atoms with E-state index in [-0.39, 0.29) is 0 Å². The number of hydrogen-bond donors (Lipinski definition) is 0. The van der Waals surface area contributed by atoms with Crippen LogP contribution in [0, 0.1) is 5.92 Å². The molecular formula is C29H62N+. The van der Waals surface area contributed by atoms with Crippen molar-refractivity contribution in [2.75, 3.05) is 27.7 Å². The van der Waals surface area contributed by atoms with Gasteiger partial charge in [-0.05, 0) is 12.8 Å². The topological polar surface area (TPSA) is 0 Å². The molecule has 182 valence electrons. The average molecular weight is 425 g/mol. The number of nitrogens with zero attached hydrogens (tertiary/aromatic N) is 1. The van der Waals surface area contributed by atoms with Crippen molar-refractivity contribution in [1.29, 1.82) is 0 Å². The second-order valence-corrected chi connectivity index (χ2v) is 11.3. The summed E-state index contributed by atoms with van der Waals surface area (Å²) in [5.41, 5.74) is 0. The molecule has 1 nitrogen and oxygen atoms in total. The third-order valence-electron chi connectivity index (χ3n) is 6.74. The van der Waals surface area contributed by atoms with Crippen LogP contribution in [0.1, 0.15) is 155 Å². The zero-order valence-corrected chi connectivity index (χ0v) is 22.3. The van der Waals surface area contributed by atoms with Crippen LogP contribution in [0.25, 0.3) is 0 Å². The molecule has 0 bridgehead atoms. The van der Waals surface area contributed by atoms with Crippen LogP contribution in [0.3, 0.4) is 0 Å². The third kappa shape index (κ3) is 24.2. The fourth-order valence-corrected chi connectivity index (χ4v) is 4.94. The van der Waals surface area contributed by atoms with Crippen LogP contribution in [0.4, 0.5) is 0 Å². The van der Waals surface area contributed by atoms with Crippen molar-refractivity contribution in [3.63, 3.8) is 0 Å². The minimum atomic E-state index is 0.952. The molecule has 0 unspecified atom stereocenters. The summed E-state index contributed by atoms with van der Waals surface area (Å²) < 4.78 is 1.14. The smallest absolute Gasteiger partial charge is 0.0809 e. The Balaban J connectivity index is 3.69. The number of unbranched alkanes of at least 4 members (excludes halogenated alkanes) is 18. The highest BCUT2D eigenvalue weighted by molar-refractivity contribution is 4.61. The highest BCUT2D eigenvalue weighted by Gasteiger charge is 2.17. The fourth-order valence-electron chi connectivity index (χ4n) is 4.94. The Kier molecular flexibility index (Phi) is 22.1. The van der Waals surface area contributed by atoms with Crippen LogP contribution in [-0.4, -0.2) is 32.2 Å². The average Bonchev–Trinajstić information content (AvgIpc) is 2.69. The summed E-state index contributed by atoms with van der Waals surface area (Å²) in [6.07, 6.45) is 32.1. The van der Waals surface area contributed by atoms with E-state index in [1.165, 1.54) is 148 Å². The maximum atomic E-state index is 2.38. The van der Waals surface area contributed by atoms with Crippen molar-refractivity contribution >= 4 is 0 Å². The van der Waals surface area contributed by atoms with Crippen molar-refractivity contribution in [1.82, 2.24) is 0 Å². The van der Waals surface area contributed by atoms with Gasteiger partial charge in [-0.15, -0.1) is 0 Å². The Labute approximate surface area is 193 Å². The number of hydrogen-bond acceptors (Lipinski definition) is 0. The summed E-state index contributed by atoms with van der Waals surface area (Å²) >= 11 is 0. The second-order valence-electron chi connectivity index (χ2n) is 11.3. The van der Waals surface area contributed by atoms with Crippen LogP contribution >= 0.6 is 0 Å². The number of rotatable bonds is 24. The maximum Gasteiger partial charge on any atom is 0.0809 e. The van der Waals surface area contributed by atoms with Crippen LogP contribution < -0.4 is 0 Å². The van der Waals surface area contributed by atoms with Crippen molar-refractivity contribution in [3.8, 4) is 0 Å². The Morgan fingerprint density at radius 1 is 0.400 bits per heavy atom. The van der Waals surface area contributed by atoms with Crippen LogP contribution in [-0.2, 0) is 0 Å². The molecule has 0 radical (unpaired) electrons. The first-order valence-electron chi connectivity index (χ1n) is 14.3. The van der Waals surface area contributed by atoms with Gasteiger partial charge in [0.05, 0.1) is 27.7 Å². The van der Waals surface area contributed by atoms with Gasteiger partial charge >= 0.3 is 0 Å². The number of quaternary nitrogens is 1. The van der Waals surface area contributed by atoms with E-state index in [9.17, 15) is 0 Å². The molecule has 30 heavy (non-hydrogen) atoms. The molecule has 0 saturated heterocycles. The van der Waals surface area contributed by atoms with Crippen molar-refractivity contribution in [2.45, 2.75) is 155 Å². The molecule has 0 N–H and O–H groups in total. The normalized spacial score (nSPS) is 12.2. The van der Waals surface area contributed by atoms with Crippen molar-refractivity contribution in [2.24, 2.45) is 5.92 Å². The van der Waals surface area contributed by atoms with Gasteiger partial charge in [0.15, 0.2) is 0 Å². The molecule has 0 spiro atoms. The van der Waals surface area contributed by atoms with Gasteiger partial charge < -0.3 is 4.48 Å². The first-order valence-corrected chi connectivity index (χ1v) is 14.3. The van der Waals surface area contributed by atoms with Gasteiger partial charge in [0, 0.05) is 5.92 Å². The van der Waals surface area contributed by atoms with E-state index >= 15 is 0 Å². The van der Waals surface area contributed by atoms with Gasteiger partial charge in [0.2, 0.25) is 0 Å². The lowest BCUT2D eigenvalue weighted by Crippen LogP contribution is -2.39. The first kappa shape index (κ1) is 30.0. The zero-order valence-electron chi connectivity index (χ0n) is 22.3. The standard InChI is InChI=1S/C29H62N/c1-6-8-10-12-14-16-18-20-22-24-26-29(28-30(3,4)5)27-25-23-21-19-17-15-13-11-9-7-2/h29H,6-28H2,1-5H3/q+1. The highest BCUT2D eigenvalue weighted by atomic mass is 15.3. The molecule has 0 aromatic carbocycles. The second kappa shape index (κ2) is 22.2. The summed E-state index contributed by atoms with van der Waals surface area (Å²) in [5, 5.41) is 0. The van der Waals surface area contributed by atoms with E-state index in [4.69, 9.17) is 0 Å². The zero-order chi connectivity index (χ0) is 22.3. The minimum absolute atomic E-state index is 0.952. The highest BCUT2D eigenvalue weighted by Crippen LogP contribution is 2.21. The van der Waals surface area contributed by atoms with Crippen LogP contribution in [0.2, 0.25) is 0 Å². The van der Waals surface area contributed by atoms with Gasteiger partial charge in [-0.3, -0.25) is 0 Å². The summed E-state index contributed by atoms with van der Waals surface area (Å²) in [4.78, 5) is 0. The lowest BCUT2D eigenvalue weighted by molar-refractivity contribution is -0.874. The molecule has 0 atom stereocenters. The monoisotopic (exact) mass is 424 g/mol. The van der Waals surface area contributed by atoms with Gasteiger partial charge in [-0.1, -0.05) is 142 Å².